The quantitative estimate of drug-likeness (QED) is 0.825. The molecule has 0 unspecified atom stereocenters. The highest BCUT2D eigenvalue weighted by Crippen LogP contribution is 2.32. The van der Waals surface area contributed by atoms with Crippen molar-refractivity contribution in [2.24, 2.45) is 5.41 Å². The fourth-order valence-electron chi connectivity index (χ4n) is 2.58. The molecule has 0 aromatic rings. The first-order chi connectivity index (χ1) is 8.72. The predicted octanol–water partition coefficient (Wildman–Crippen LogP) is 1.16. The molecule has 0 spiro atoms. The van der Waals surface area contributed by atoms with Crippen LogP contribution < -0.4 is 5.32 Å². The van der Waals surface area contributed by atoms with Gasteiger partial charge in [-0.1, -0.05) is 0 Å². The van der Waals surface area contributed by atoms with E-state index in [1.54, 1.807) is 6.92 Å². The van der Waals surface area contributed by atoms with Crippen LogP contribution in [0.25, 0.3) is 0 Å². The van der Waals surface area contributed by atoms with Gasteiger partial charge in [-0.2, -0.15) is 13.2 Å². The molecular formula is C12H19F3N2O2. The number of likely N-dealkylation sites (tertiary alicyclic amines) is 1. The Balaban J connectivity index is 1.87. The summed E-state index contributed by atoms with van der Waals surface area (Å²) in [6, 6.07) is -1.61. The number of alkyl halides is 3. The molecule has 0 bridgehead atoms. The van der Waals surface area contributed by atoms with Crippen molar-refractivity contribution in [2.45, 2.75) is 38.0 Å². The minimum Gasteiger partial charge on any atom is -0.379 e. The predicted molar refractivity (Wildman–Crippen MR) is 62.6 cm³/mol. The number of amides is 1. The molecule has 0 saturated carbocycles. The van der Waals surface area contributed by atoms with Gasteiger partial charge in [0.2, 0.25) is 5.91 Å². The monoisotopic (exact) mass is 280 g/mol. The number of carbonyl (C=O) groups excluding carboxylic acids is 1. The Morgan fingerprint density at radius 2 is 2.00 bits per heavy atom. The molecule has 2 rings (SSSR count). The van der Waals surface area contributed by atoms with Crippen LogP contribution >= 0.6 is 0 Å². The van der Waals surface area contributed by atoms with Gasteiger partial charge in [0, 0.05) is 12.6 Å². The summed E-state index contributed by atoms with van der Waals surface area (Å²) in [6.07, 6.45) is -3.81. The lowest BCUT2D eigenvalue weighted by molar-refractivity contribution is -0.189. The maximum atomic E-state index is 12.7. The van der Waals surface area contributed by atoms with Crippen molar-refractivity contribution >= 4 is 5.91 Å². The highest BCUT2D eigenvalue weighted by Gasteiger charge is 2.46. The molecule has 1 amide bonds. The fourth-order valence-corrected chi connectivity index (χ4v) is 2.58. The largest absolute Gasteiger partial charge is 0.404 e. The van der Waals surface area contributed by atoms with E-state index in [0.717, 1.165) is 0 Å². The minimum absolute atomic E-state index is 0.0260. The second-order valence-corrected chi connectivity index (χ2v) is 5.80. The van der Waals surface area contributed by atoms with Crippen molar-refractivity contribution in [2.75, 3.05) is 26.8 Å². The lowest BCUT2D eigenvalue weighted by atomic mass is 9.86. The number of nitrogens with one attached hydrogen (secondary N) is 1. The van der Waals surface area contributed by atoms with Crippen molar-refractivity contribution in [3.63, 3.8) is 0 Å². The zero-order valence-corrected chi connectivity index (χ0v) is 11.1. The Labute approximate surface area is 110 Å². The fraction of sp³-hybridized carbons (Fsp3) is 0.917. The number of halogens is 3. The number of piperidine rings is 1. The summed E-state index contributed by atoms with van der Waals surface area (Å²) in [6.45, 7) is 2.79. The van der Waals surface area contributed by atoms with Gasteiger partial charge in [-0.25, -0.2) is 0 Å². The van der Waals surface area contributed by atoms with Crippen LogP contribution in [0, 0.1) is 5.41 Å². The first-order valence-electron chi connectivity index (χ1n) is 6.38. The topological polar surface area (TPSA) is 41.6 Å². The van der Waals surface area contributed by atoms with Crippen molar-refractivity contribution in [1.82, 2.24) is 10.2 Å². The van der Waals surface area contributed by atoms with Crippen LogP contribution in [-0.4, -0.2) is 55.9 Å². The van der Waals surface area contributed by atoms with Gasteiger partial charge in [0.15, 0.2) is 0 Å². The molecule has 2 atom stereocenters. The number of ether oxygens (including phenoxy) is 1. The van der Waals surface area contributed by atoms with Gasteiger partial charge in [0.25, 0.3) is 0 Å². The van der Waals surface area contributed by atoms with Crippen LogP contribution in [0.1, 0.15) is 19.8 Å². The molecule has 2 aliphatic heterocycles. The molecule has 2 fully saturated rings. The molecule has 0 radical (unpaired) electrons. The highest BCUT2D eigenvalue weighted by atomic mass is 19.4. The molecule has 19 heavy (non-hydrogen) atoms. The Hall–Kier alpha value is -0.820. The summed E-state index contributed by atoms with van der Waals surface area (Å²) in [5, 5.41) is 2.84. The molecule has 4 nitrogen and oxygen atoms in total. The third-order valence-electron chi connectivity index (χ3n) is 3.93. The average Bonchev–Trinajstić information content (AvgIpc) is 2.24. The number of carbonyl (C=O) groups is 1. The van der Waals surface area contributed by atoms with Crippen LogP contribution in [0.3, 0.4) is 0 Å². The van der Waals surface area contributed by atoms with Crippen molar-refractivity contribution in [3.05, 3.63) is 0 Å². The molecule has 1 N–H and O–H groups in total. The number of hydrogen-bond donors (Lipinski definition) is 1. The molecular weight excluding hydrogens is 261 g/mol. The number of nitrogens with zero attached hydrogens (tertiary/aromatic N) is 1. The lowest BCUT2D eigenvalue weighted by Gasteiger charge is -2.41. The van der Waals surface area contributed by atoms with E-state index in [2.05, 4.69) is 5.32 Å². The Kier molecular flexibility index (Phi) is 3.79. The zero-order chi connectivity index (χ0) is 14.3. The van der Waals surface area contributed by atoms with Gasteiger partial charge < -0.3 is 10.1 Å². The van der Waals surface area contributed by atoms with Gasteiger partial charge in [-0.15, -0.1) is 0 Å². The number of likely N-dealkylation sites (N-methyl/N-ethyl adjacent to an activating group) is 1. The molecule has 0 aromatic carbocycles. The SMILES string of the molecule is CN1C[C@@H](NC(=O)C2(C)COC2)CC[C@@H]1C(F)(F)F. The average molecular weight is 280 g/mol. The smallest absolute Gasteiger partial charge is 0.379 e. The van der Waals surface area contributed by atoms with Crippen LogP contribution in [0.15, 0.2) is 0 Å². The molecule has 0 aromatic heterocycles. The molecule has 2 saturated heterocycles. The summed E-state index contributed by atoms with van der Waals surface area (Å²) in [4.78, 5) is 13.2. The van der Waals surface area contributed by atoms with E-state index in [4.69, 9.17) is 4.74 Å². The van der Waals surface area contributed by atoms with Crippen molar-refractivity contribution in [1.29, 1.82) is 0 Å². The highest BCUT2D eigenvalue weighted by molar-refractivity contribution is 5.83. The zero-order valence-electron chi connectivity index (χ0n) is 11.1. The van der Waals surface area contributed by atoms with E-state index in [1.807, 2.05) is 0 Å². The Bertz CT molecular complexity index is 355. The molecule has 110 valence electrons. The van der Waals surface area contributed by atoms with Gasteiger partial charge in [0.05, 0.1) is 18.6 Å². The normalized spacial score (nSPS) is 31.6. The summed E-state index contributed by atoms with van der Waals surface area (Å²) < 4.78 is 43.1. The summed E-state index contributed by atoms with van der Waals surface area (Å²) in [5.41, 5.74) is -0.514. The van der Waals surface area contributed by atoms with Gasteiger partial charge in [-0.3, -0.25) is 9.69 Å². The molecule has 2 aliphatic rings. The van der Waals surface area contributed by atoms with Crippen molar-refractivity contribution < 1.29 is 22.7 Å². The maximum absolute atomic E-state index is 12.7. The first-order valence-corrected chi connectivity index (χ1v) is 6.38. The Morgan fingerprint density at radius 1 is 1.37 bits per heavy atom. The van der Waals surface area contributed by atoms with E-state index in [1.165, 1.54) is 11.9 Å². The van der Waals surface area contributed by atoms with Crippen LogP contribution in [0.2, 0.25) is 0 Å². The van der Waals surface area contributed by atoms with E-state index >= 15 is 0 Å². The van der Waals surface area contributed by atoms with E-state index in [-0.39, 0.29) is 24.9 Å². The summed E-state index contributed by atoms with van der Waals surface area (Å²) in [5.74, 6) is -0.123. The Morgan fingerprint density at radius 3 is 2.42 bits per heavy atom. The minimum atomic E-state index is -4.20. The van der Waals surface area contributed by atoms with Gasteiger partial charge in [-0.05, 0) is 26.8 Å². The number of rotatable bonds is 2. The van der Waals surface area contributed by atoms with Gasteiger partial charge in [0.1, 0.15) is 6.04 Å². The molecule has 0 aliphatic carbocycles. The maximum Gasteiger partial charge on any atom is 0.404 e. The summed E-state index contributed by atoms with van der Waals surface area (Å²) in [7, 11) is 1.45. The second kappa shape index (κ2) is 4.94. The molecule has 7 heteroatoms. The van der Waals surface area contributed by atoms with E-state index < -0.39 is 17.6 Å². The standard InChI is InChI=1S/C12H19F3N2O2/c1-11(6-19-7-11)10(18)16-8-3-4-9(12(13,14)15)17(2)5-8/h8-9H,3-7H2,1-2H3,(H,16,18)/t8-,9+/m0/s1. The van der Waals surface area contributed by atoms with E-state index in [9.17, 15) is 18.0 Å². The molecule has 2 heterocycles. The first kappa shape index (κ1) is 14.6. The van der Waals surface area contributed by atoms with E-state index in [0.29, 0.717) is 19.6 Å². The van der Waals surface area contributed by atoms with Gasteiger partial charge >= 0.3 is 6.18 Å². The van der Waals surface area contributed by atoms with Crippen molar-refractivity contribution in [3.8, 4) is 0 Å². The summed E-state index contributed by atoms with van der Waals surface area (Å²) >= 11 is 0. The van der Waals surface area contributed by atoms with Crippen LogP contribution in [-0.2, 0) is 9.53 Å². The third kappa shape index (κ3) is 3.02. The van der Waals surface area contributed by atoms with Crippen LogP contribution in [0.5, 0.6) is 0 Å². The lowest BCUT2D eigenvalue weighted by Crippen LogP contribution is -2.59. The third-order valence-corrected chi connectivity index (χ3v) is 3.93. The number of hydrogen-bond acceptors (Lipinski definition) is 3. The second-order valence-electron chi connectivity index (χ2n) is 5.80. The van der Waals surface area contributed by atoms with Crippen LogP contribution in [0.4, 0.5) is 13.2 Å².